The summed E-state index contributed by atoms with van der Waals surface area (Å²) in [5.74, 6) is -0.366. The van der Waals surface area contributed by atoms with E-state index >= 15 is 0 Å². The molecule has 0 bridgehead atoms. The van der Waals surface area contributed by atoms with Crippen LogP contribution in [0.2, 0.25) is 0 Å². The van der Waals surface area contributed by atoms with Crippen LogP contribution in [0.15, 0.2) is 0 Å². The Morgan fingerprint density at radius 3 is 2.44 bits per heavy atom. The van der Waals surface area contributed by atoms with Crippen molar-refractivity contribution in [3.8, 4) is 0 Å². The molecule has 2 fully saturated rings. The van der Waals surface area contributed by atoms with Crippen molar-refractivity contribution in [1.29, 1.82) is 0 Å². The van der Waals surface area contributed by atoms with Crippen molar-refractivity contribution in [2.75, 3.05) is 6.54 Å². The van der Waals surface area contributed by atoms with Gasteiger partial charge in [-0.25, -0.2) is 0 Å². The van der Waals surface area contributed by atoms with Gasteiger partial charge in [0.05, 0.1) is 0 Å². The van der Waals surface area contributed by atoms with Crippen molar-refractivity contribution in [2.24, 2.45) is 11.3 Å². The molecular formula is C12H19NO3. The van der Waals surface area contributed by atoms with E-state index in [2.05, 4.69) is 5.32 Å². The van der Waals surface area contributed by atoms with Gasteiger partial charge in [-0.3, -0.25) is 9.59 Å². The smallest absolute Gasteiger partial charge is 0.319 e. The fourth-order valence-electron chi connectivity index (χ4n) is 2.24. The van der Waals surface area contributed by atoms with E-state index in [9.17, 15) is 9.59 Å². The van der Waals surface area contributed by atoms with Gasteiger partial charge in [-0.05, 0) is 31.6 Å². The third kappa shape index (κ3) is 2.20. The molecule has 0 heterocycles. The Labute approximate surface area is 95.4 Å². The van der Waals surface area contributed by atoms with E-state index in [0.29, 0.717) is 19.4 Å². The van der Waals surface area contributed by atoms with Gasteiger partial charge in [0.15, 0.2) is 0 Å². The van der Waals surface area contributed by atoms with Crippen LogP contribution in [0.3, 0.4) is 0 Å². The van der Waals surface area contributed by atoms with Crippen LogP contribution in [-0.2, 0) is 9.59 Å². The lowest BCUT2D eigenvalue weighted by atomic mass is 9.68. The second kappa shape index (κ2) is 4.44. The van der Waals surface area contributed by atoms with E-state index in [-0.39, 0.29) is 5.91 Å². The average molecular weight is 225 g/mol. The molecule has 0 atom stereocenters. The molecule has 0 saturated heterocycles. The lowest BCUT2D eigenvalue weighted by Crippen LogP contribution is -2.51. The van der Waals surface area contributed by atoms with Crippen molar-refractivity contribution in [1.82, 2.24) is 5.32 Å². The predicted octanol–water partition coefficient (Wildman–Crippen LogP) is 1.55. The zero-order valence-corrected chi connectivity index (χ0v) is 9.50. The normalized spacial score (nSPS) is 22.2. The third-order valence-electron chi connectivity index (χ3n) is 3.82. The summed E-state index contributed by atoms with van der Waals surface area (Å²) in [4.78, 5) is 22.8. The SMILES string of the molecule is O=C(O)C1(C(=O)NCCCC2CC2)CCC1. The molecular weight excluding hydrogens is 206 g/mol. The minimum atomic E-state index is -1.10. The summed E-state index contributed by atoms with van der Waals surface area (Å²) in [6, 6.07) is 0. The van der Waals surface area contributed by atoms with Gasteiger partial charge in [-0.2, -0.15) is 0 Å². The minimum Gasteiger partial charge on any atom is -0.480 e. The van der Waals surface area contributed by atoms with Gasteiger partial charge in [-0.15, -0.1) is 0 Å². The van der Waals surface area contributed by atoms with Crippen LogP contribution in [0.1, 0.15) is 44.9 Å². The number of amides is 1. The first-order chi connectivity index (χ1) is 7.65. The number of hydrogen-bond acceptors (Lipinski definition) is 2. The van der Waals surface area contributed by atoms with Crippen molar-refractivity contribution in [3.63, 3.8) is 0 Å². The quantitative estimate of drug-likeness (QED) is 0.532. The first-order valence-electron chi connectivity index (χ1n) is 6.17. The first-order valence-corrected chi connectivity index (χ1v) is 6.17. The van der Waals surface area contributed by atoms with E-state index in [1.165, 1.54) is 19.3 Å². The Hall–Kier alpha value is -1.06. The summed E-state index contributed by atoms with van der Waals surface area (Å²) in [7, 11) is 0. The van der Waals surface area contributed by atoms with Crippen LogP contribution in [0.25, 0.3) is 0 Å². The largest absolute Gasteiger partial charge is 0.480 e. The summed E-state index contributed by atoms with van der Waals surface area (Å²) >= 11 is 0. The molecule has 2 aliphatic carbocycles. The van der Waals surface area contributed by atoms with Crippen molar-refractivity contribution in [2.45, 2.75) is 44.9 Å². The monoisotopic (exact) mass is 225 g/mol. The number of aliphatic carboxylic acids is 1. The molecule has 2 aliphatic rings. The Bertz CT molecular complexity index is 293. The third-order valence-corrected chi connectivity index (χ3v) is 3.82. The highest BCUT2D eigenvalue weighted by atomic mass is 16.4. The maximum Gasteiger partial charge on any atom is 0.319 e. The van der Waals surface area contributed by atoms with E-state index in [4.69, 9.17) is 5.11 Å². The second-order valence-electron chi connectivity index (χ2n) is 5.08. The van der Waals surface area contributed by atoms with Crippen LogP contribution in [0, 0.1) is 11.3 Å². The number of carbonyl (C=O) groups is 2. The first kappa shape index (κ1) is 11.4. The molecule has 0 unspecified atom stereocenters. The van der Waals surface area contributed by atoms with Crippen LogP contribution in [0.4, 0.5) is 0 Å². The van der Waals surface area contributed by atoms with Gasteiger partial charge in [0, 0.05) is 6.54 Å². The van der Waals surface area contributed by atoms with E-state index in [1.807, 2.05) is 0 Å². The van der Waals surface area contributed by atoms with Crippen molar-refractivity contribution >= 4 is 11.9 Å². The zero-order chi connectivity index (χ0) is 11.6. The van der Waals surface area contributed by atoms with Crippen LogP contribution >= 0.6 is 0 Å². The molecule has 16 heavy (non-hydrogen) atoms. The standard InChI is InChI=1S/C12H19NO3/c14-10(12(11(15)16)6-2-7-12)13-8-1-3-9-4-5-9/h9H,1-8H2,(H,13,14)(H,15,16). The highest BCUT2D eigenvalue weighted by Crippen LogP contribution is 2.41. The topological polar surface area (TPSA) is 66.4 Å². The summed E-state index contributed by atoms with van der Waals surface area (Å²) in [5, 5.41) is 11.8. The molecule has 4 heteroatoms. The van der Waals surface area contributed by atoms with Gasteiger partial charge in [0.2, 0.25) is 5.91 Å². The van der Waals surface area contributed by atoms with Gasteiger partial charge < -0.3 is 10.4 Å². The molecule has 4 nitrogen and oxygen atoms in total. The molecule has 2 saturated carbocycles. The number of hydrogen-bond donors (Lipinski definition) is 2. The number of carboxylic acid groups (broad SMARTS) is 1. The van der Waals surface area contributed by atoms with Crippen LogP contribution in [-0.4, -0.2) is 23.5 Å². The van der Waals surface area contributed by atoms with Gasteiger partial charge in [0.25, 0.3) is 0 Å². The molecule has 0 aromatic heterocycles. The maximum atomic E-state index is 11.8. The number of nitrogens with one attached hydrogen (secondary N) is 1. The maximum absolute atomic E-state index is 11.8. The number of rotatable bonds is 6. The zero-order valence-electron chi connectivity index (χ0n) is 9.50. The molecule has 0 radical (unpaired) electrons. The Morgan fingerprint density at radius 2 is 2.00 bits per heavy atom. The highest BCUT2D eigenvalue weighted by Gasteiger charge is 2.50. The molecule has 0 aliphatic heterocycles. The molecule has 0 spiro atoms. The number of carbonyl (C=O) groups excluding carboxylic acids is 1. The second-order valence-corrected chi connectivity index (χ2v) is 5.08. The van der Waals surface area contributed by atoms with Gasteiger partial charge in [-0.1, -0.05) is 19.3 Å². The Morgan fingerprint density at radius 1 is 1.31 bits per heavy atom. The molecule has 0 aromatic rings. The van der Waals surface area contributed by atoms with E-state index in [0.717, 1.165) is 18.8 Å². The van der Waals surface area contributed by atoms with Crippen molar-refractivity contribution < 1.29 is 14.7 Å². The fraction of sp³-hybridized carbons (Fsp3) is 0.833. The molecule has 90 valence electrons. The number of carboxylic acids is 1. The Balaban J connectivity index is 1.71. The van der Waals surface area contributed by atoms with Crippen LogP contribution in [0.5, 0.6) is 0 Å². The summed E-state index contributed by atoms with van der Waals surface area (Å²) in [6.07, 6.45) is 6.64. The van der Waals surface area contributed by atoms with E-state index in [1.54, 1.807) is 0 Å². The molecule has 2 rings (SSSR count). The summed E-state index contributed by atoms with van der Waals surface area (Å²) < 4.78 is 0. The van der Waals surface area contributed by atoms with E-state index < -0.39 is 11.4 Å². The lowest BCUT2D eigenvalue weighted by molar-refractivity contribution is -0.162. The minimum absolute atomic E-state index is 0.276. The molecule has 0 aromatic carbocycles. The fourth-order valence-corrected chi connectivity index (χ4v) is 2.24. The van der Waals surface area contributed by atoms with Gasteiger partial charge >= 0.3 is 5.97 Å². The van der Waals surface area contributed by atoms with Crippen LogP contribution < -0.4 is 5.32 Å². The Kier molecular flexibility index (Phi) is 3.17. The van der Waals surface area contributed by atoms with Crippen molar-refractivity contribution in [3.05, 3.63) is 0 Å². The van der Waals surface area contributed by atoms with Gasteiger partial charge in [0.1, 0.15) is 5.41 Å². The summed E-state index contributed by atoms with van der Waals surface area (Å²) in [6.45, 7) is 0.629. The lowest BCUT2D eigenvalue weighted by Gasteiger charge is -2.35. The molecule has 1 amide bonds. The predicted molar refractivity (Wildman–Crippen MR) is 58.9 cm³/mol. The average Bonchev–Trinajstić information content (AvgIpc) is 2.93. The summed E-state index contributed by atoms with van der Waals surface area (Å²) in [5.41, 5.74) is -1.10. The molecule has 2 N–H and O–H groups in total. The highest BCUT2D eigenvalue weighted by molar-refractivity contribution is 6.02.